The quantitative estimate of drug-likeness (QED) is 0.239. The Bertz CT molecular complexity index is 1850. The zero-order valence-electron chi connectivity index (χ0n) is 27.6. The number of carbonyl (C=O) groups excluding carboxylic acids is 4. The molecule has 258 valence electrons. The first-order valence-corrected chi connectivity index (χ1v) is 17.5. The van der Waals surface area contributed by atoms with Gasteiger partial charge in [-0.2, -0.15) is 0 Å². The SMILES string of the molecule is [C-]#[N+]c1ccc(OC2CC(NC(=O)c3ccc(CCCN4CCN(c5ccc6c(c5)CN(C5CCC(=O)NC5=O)C6=O)CC4)nc3)C2)cc1Cl. The first-order chi connectivity index (χ1) is 24.2. The highest BCUT2D eigenvalue weighted by molar-refractivity contribution is 6.33. The number of anilines is 1. The Balaban J connectivity index is 0.809. The summed E-state index contributed by atoms with van der Waals surface area (Å²) in [5, 5.41) is 5.78. The minimum atomic E-state index is -0.607. The van der Waals surface area contributed by atoms with E-state index < -0.39 is 11.9 Å². The smallest absolute Gasteiger partial charge is 0.255 e. The van der Waals surface area contributed by atoms with Crippen molar-refractivity contribution in [3.63, 3.8) is 0 Å². The number of nitrogens with one attached hydrogen (secondary N) is 2. The van der Waals surface area contributed by atoms with E-state index in [1.54, 1.807) is 29.3 Å². The fourth-order valence-electron chi connectivity index (χ4n) is 7.07. The molecule has 4 amide bonds. The van der Waals surface area contributed by atoms with Crippen molar-refractivity contribution >= 4 is 46.6 Å². The van der Waals surface area contributed by atoms with Crippen molar-refractivity contribution in [1.29, 1.82) is 0 Å². The Morgan fingerprint density at radius 3 is 2.60 bits per heavy atom. The number of fused-ring (bicyclic) bond motifs is 1. The molecule has 4 heterocycles. The summed E-state index contributed by atoms with van der Waals surface area (Å²) in [6, 6.07) is 14.1. The predicted octanol–water partition coefficient (Wildman–Crippen LogP) is 4.14. The second-order valence-corrected chi connectivity index (χ2v) is 13.7. The van der Waals surface area contributed by atoms with Crippen molar-refractivity contribution < 1.29 is 23.9 Å². The number of piperidine rings is 1. The van der Waals surface area contributed by atoms with E-state index in [1.165, 1.54) is 0 Å². The van der Waals surface area contributed by atoms with Gasteiger partial charge in [-0.15, -0.1) is 0 Å². The van der Waals surface area contributed by atoms with Crippen LogP contribution in [0.2, 0.25) is 5.02 Å². The molecule has 7 rings (SSSR count). The summed E-state index contributed by atoms with van der Waals surface area (Å²) in [6.07, 6.45) is 5.43. The summed E-state index contributed by atoms with van der Waals surface area (Å²) in [4.78, 5) is 64.0. The summed E-state index contributed by atoms with van der Waals surface area (Å²) in [5.41, 5.74) is 4.52. The number of halogens is 1. The maximum absolute atomic E-state index is 13.0. The van der Waals surface area contributed by atoms with Crippen molar-refractivity contribution in [3.8, 4) is 5.75 Å². The summed E-state index contributed by atoms with van der Waals surface area (Å²) >= 11 is 6.10. The van der Waals surface area contributed by atoms with Crippen LogP contribution >= 0.6 is 11.6 Å². The highest BCUT2D eigenvalue weighted by Gasteiger charge is 2.39. The number of benzene rings is 2. The van der Waals surface area contributed by atoms with Gasteiger partial charge in [0.05, 0.1) is 17.2 Å². The largest absolute Gasteiger partial charge is 0.490 e. The third kappa shape index (κ3) is 7.29. The van der Waals surface area contributed by atoms with Crippen LogP contribution in [0.1, 0.15) is 64.1 Å². The molecule has 1 aliphatic carbocycles. The Morgan fingerprint density at radius 1 is 1.06 bits per heavy atom. The lowest BCUT2D eigenvalue weighted by Crippen LogP contribution is -2.52. The van der Waals surface area contributed by atoms with Gasteiger partial charge in [-0.3, -0.25) is 34.4 Å². The first kappa shape index (κ1) is 33.5. The van der Waals surface area contributed by atoms with E-state index >= 15 is 0 Å². The molecular weight excluding hydrogens is 658 g/mol. The number of carbonyl (C=O) groups is 4. The maximum Gasteiger partial charge on any atom is 0.255 e. The number of amides is 4. The molecule has 0 spiro atoms. The Labute approximate surface area is 295 Å². The van der Waals surface area contributed by atoms with E-state index in [-0.39, 0.29) is 36.3 Å². The fourth-order valence-corrected chi connectivity index (χ4v) is 7.28. The van der Waals surface area contributed by atoms with Crippen molar-refractivity contribution in [1.82, 2.24) is 25.4 Å². The van der Waals surface area contributed by atoms with E-state index in [9.17, 15) is 19.2 Å². The molecule has 12 nitrogen and oxygen atoms in total. The average Bonchev–Trinajstić information content (AvgIpc) is 3.42. The lowest BCUT2D eigenvalue weighted by Gasteiger charge is -2.36. The molecule has 3 aliphatic heterocycles. The number of hydrogen-bond acceptors (Lipinski definition) is 8. The van der Waals surface area contributed by atoms with Crippen LogP contribution in [-0.2, 0) is 22.6 Å². The lowest BCUT2D eigenvalue weighted by atomic mass is 9.89. The highest BCUT2D eigenvalue weighted by Crippen LogP contribution is 2.33. The summed E-state index contributed by atoms with van der Waals surface area (Å²) in [6.45, 7) is 12.1. The standard InChI is InChI=1S/C37H38ClN7O5/c1-39-32-9-7-28(20-31(32)38)50-29-18-26(19-29)41-35(47)23-4-5-25(40-21-23)3-2-12-43-13-15-44(16-14-43)27-6-8-30-24(17-27)22-45(37(30)49)33-10-11-34(46)42-36(33)48/h4-9,17,20-21,26,29,33H,2-3,10-16,18-19,22H2,(H,41,47)(H,42,46,48). The molecule has 0 bridgehead atoms. The second kappa shape index (κ2) is 14.5. The van der Waals surface area contributed by atoms with Crippen molar-refractivity contribution in [2.75, 3.05) is 37.6 Å². The van der Waals surface area contributed by atoms with Gasteiger partial charge in [-0.05, 0) is 73.8 Å². The molecule has 0 radical (unpaired) electrons. The zero-order valence-corrected chi connectivity index (χ0v) is 28.3. The van der Waals surface area contributed by atoms with Gasteiger partial charge in [-0.1, -0.05) is 17.7 Å². The molecular formula is C37H38ClN7O5. The van der Waals surface area contributed by atoms with Gasteiger partial charge in [0.1, 0.15) is 17.9 Å². The molecule has 2 saturated heterocycles. The van der Waals surface area contributed by atoms with Crippen LogP contribution in [0.3, 0.4) is 0 Å². The van der Waals surface area contributed by atoms with Crippen molar-refractivity contribution in [2.24, 2.45) is 0 Å². The van der Waals surface area contributed by atoms with Gasteiger partial charge in [0, 0.05) is 81.2 Å². The topological polar surface area (TPSA) is 129 Å². The number of rotatable bonds is 10. The molecule has 1 saturated carbocycles. The zero-order chi connectivity index (χ0) is 34.8. The van der Waals surface area contributed by atoms with Crippen molar-refractivity contribution in [2.45, 2.75) is 63.3 Å². The van der Waals surface area contributed by atoms with Gasteiger partial charge >= 0.3 is 0 Å². The first-order valence-electron chi connectivity index (χ1n) is 17.1. The summed E-state index contributed by atoms with van der Waals surface area (Å²) in [7, 11) is 0. The van der Waals surface area contributed by atoms with E-state index in [4.69, 9.17) is 22.9 Å². The third-order valence-corrected chi connectivity index (χ3v) is 10.3. The van der Waals surface area contributed by atoms with Gasteiger partial charge in [0.25, 0.3) is 11.8 Å². The molecule has 4 aliphatic rings. The Kier molecular flexibility index (Phi) is 9.70. The van der Waals surface area contributed by atoms with E-state index in [0.717, 1.165) is 62.5 Å². The minimum absolute atomic E-state index is 0.00967. The molecule has 3 aromatic rings. The molecule has 1 aromatic heterocycles. The average molecular weight is 696 g/mol. The molecule has 3 fully saturated rings. The van der Waals surface area contributed by atoms with Gasteiger partial charge in [-0.25, -0.2) is 4.85 Å². The monoisotopic (exact) mass is 695 g/mol. The van der Waals surface area contributed by atoms with E-state index in [0.29, 0.717) is 53.4 Å². The normalized spacial score (nSPS) is 22.0. The number of aryl methyl sites for hydroxylation is 1. The number of pyridine rings is 1. The van der Waals surface area contributed by atoms with Gasteiger partial charge in [0.15, 0.2) is 0 Å². The van der Waals surface area contributed by atoms with E-state index in [2.05, 4.69) is 36.3 Å². The Hall–Kier alpha value is -4.99. The van der Waals surface area contributed by atoms with Crippen LogP contribution in [0.25, 0.3) is 4.85 Å². The number of piperazine rings is 1. The van der Waals surface area contributed by atoms with Crippen molar-refractivity contribution in [3.05, 3.63) is 93.6 Å². The van der Waals surface area contributed by atoms with Crippen LogP contribution in [-0.4, -0.2) is 89.3 Å². The molecule has 13 heteroatoms. The molecule has 1 atom stereocenters. The summed E-state index contributed by atoms with van der Waals surface area (Å²) < 4.78 is 5.93. The number of imide groups is 1. The number of aromatic nitrogens is 1. The van der Waals surface area contributed by atoms with Crippen LogP contribution in [0.5, 0.6) is 5.75 Å². The van der Waals surface area contributed by atoms with Crippen LogP contribution in [0.15, 0.2) is 54.7 Å². The Morgan fingerprint density at radius 2 is 1.88 bits per heavy atom. The molecule has 2 aromatic carbocycles. The van der Waals surface area contributed by atoms with E-state index in [1.807, 2.05) is 24.3 Å². The lowest BCUT2D eigenvalue weighted by molar-refractivity contribution is -0.136. The van der Waals surface area contributed by atoms with Crippen LogP contribution in [0.4, 0.5) is 11.4 Å². The fraction of sp³-hybridized carbons (Fsp3) is 0.405. The molecule has 50 heavy (non-hydrogen) atoms. The number of nitrogens with zero attached hydrogens (tertiary/aromatic N) is 5. The predicted molar refractivity (Wildman–Crippen MR) is 186 cm³/mol. The summed E-state index contributed by atoms with van der Waals surface area (Å²) in [5.74, 6) is -0.353. The molecule has 1 unspecified atom stereocenters. The molecule has 2 N–H and O–H groups in total. The van der Waals surface area contributed by atoms with Crippen LogP contribution < -0.4 is 20.3 Å². The highest BCUT2D eigenvalue weighted by atomic mass is 35.5. The van der Waals surface area contributed by atoms with Gasteiger partial charge < -0.3 is 19.9 Å². The van der Waals surface area contributed by atoms with Gasteiger partial charge in [0.2, 0.25) is 17.5 Å². The van der Waals surface area contributed by atoms with Crippen LogP contribution in [0, 0.1) is 6.57 Å². The second-order valence-electron chi connectivity index (χ2n) is 13.3. The maximum atomic E-state index is 13.0. The third-order valence-electron chi connectivity index (χ3n) is 10.0. The minimum Gasteiger partial charge on any atom is -0.490 e. The number of hydrogen-bond donors (Lipinski definition) is 2. The number of ether oxygens (including phenoxy) is 1.